The van der Waals surface area contributed by atoms with Gasteiger partial charge >= 0.3 is 6.18 Å². The first-order valence-electron chi connectivity index (χ1n) is 9.98. The maximum atomic E-state index is 12.8. The van der Waals surface area contributed by atoms with Crippen molar-refractivity contribution in [3.63, 3.8) is 0 Å². The third-order valence-electron chi connectivity index (χ3n) is 4.83. The lowest BCUT2D eigenvalue weighted by Gasteiger charge is -2.11. The fraction of sp³-hybridized carbons (Fsp3) is 0.0833. The predicted molar refractivity (Wildman–Crippen MR) is 122 cm³/mol. The number of halogens is 3. The second kappa shape index (κ2) is 9.58. The van der Waals surface area contributed by atoms with Gasteiger partial charge < -0.3 is 15.5 Å². The van der Waals surface area contributed by atoms with Crippen LogP contribution in [0.3, 0.4) is 0 Å². The average molecular weight is 451 g/mol. The van der Waals surface area contributed by atoms with Gasteiger partial charge in [0.05, 0.1) is 5.56 Å². The quantitative estimate of drug-likeness (QED) is 0.160. The molecule has 1 heterocycles. The van der Waals surface area contributed by atoms with Gasteiger partial charge in [-0.1, -0.05) is 24.3 Å². The molecular formula is C24H20F3N5O. The van der Waals surface area contributed by atoms with Crippen molar-refractivity contribution in [1.29, 1.82) is 0 Å². The largest absolute Gasteiger partial charge is 0.438 e. The summed E-state index contributed by atoms with van der Waals surface area (Å²) < 4.78 is 44.5. The summed E-state index contributed by atoms with van der Waals surface area (Å²) in [6.45, 7) is 0.0268. The number of nitrogens with two attached hydrogens (primary N) is 1. The van der Waals surface area contributed by atoms with Gasteiger partial charge in [0.15, 0.2) is 0 Å². The number of hydrazine groups is 1. The number of anilines is 1. The highest BCUT2D eigenvalue weighted by atomic mass is 19.4. The van der Waals surface area contributed by atoms with Crippen LogP contribution in [0.15, 0.2) is 90.1 Å². The van der Waals surface area contributed by atoms with Crippen molar-refractivity contribution >= 4 is 22.3 Å². The minimum Gasteiger partial charge on any atom is -0.438 e. The van der Waals surface area contributed by atoms with E-state index in [1.54, 1.807) is 30.5 Å². The van der Waals surface area contributed by atoms with E-state index in [9.17, 15) is 13.2 Å². The van der Waals surface area contributed by atoms with Gasteiger partial charge in [-0.3, -0.25) is 0 Å². The van der Waals surface area contributed by atoms with Crippen LogP contribution in [0.1, 0.15) is 11.1 Å². The molecule has 0 radical (unpaired) electrons. The molecule has 1 aromatic heterocycles. The van der Waals surface area contributed by atoms with E-state index in [4.69, 9.17) is 10.6 Å². The summed E-state index contributed by atoms with van der Waals surface area (Å²) in [4.78, 5) is 8.60. The Labute approximate surface area is 187 Å². The molecular weight excluding hydrogens is 431 g/mol. The van der Waals surface area contributed by atoms with Gasteiger partial charge in [-0.25, -0.2) is 15.8 Å². The molecule has 0 saturated carbocycles. The van der Waals surface area contributed by atoms with Crippen LogP contribution in [-0.4, -0.2) is 17.5 Å². The Bertz CT molecular complexity index is 1270. The fourth-order valence-electron chi connectivity index (χ4n) is 3.20. The maximum Gasteiger partial charge on any atom is 0.416 e. The Kier molecular flexibility index (Phi) is 6.41. The molecule has 0 saturated heterocycles. The number of benzene rings is 3. The first-order valence-corrected chi connectivity index (χ1v) is 9.98. The van der Waals surface area contributed by atoms with Crippen molar-refractivity contribution in [2.75, 3.05) is 12.0 Å². The highest BCUT2D eigenvalue weighted by Gasteiger charge is 2.30. The van der Waals surface area contributed by atoms with Crippen molar-refractivity contribution < 1.29 is 17.9 Å². The number of amidine groups is 1. The molecule has 0 bridgehead atoms. The number of alkyl halides is 3. The van der Waals surface area contributed by atoms with Crippen molar-refractivity contribution in [3.8, 4) is 11.6 Å². The second-order valence-electron chi connectivity index (χ2n) is 7.03. The Morgan fingerprint density at radius 2 is 1.76 bits per heavy atom. The van der Waals surface area contributed by atoms with E-state index in [-0.39, 0.29) is 6.67 Å². The molecule has 0 aliphatic heterocycles. The van der Waals surface area contributed by atoms with Gasteiger partial charge in [-0.2, -0.15) is 13.2 Å². The number of hydrogen-bond acceptors (Lipinski definition) is 5. The number of nitrogens with zero attached hydrogens (tertiary/aromatic N) is 2. The Morgan fingerprint density at radius 1 is 0.970 bits per heavy atom. The molecule has 4 N–H and O–H groups in total. The monoisotopic (exact) mass is 451 g/mol. The van der Waals surface area contributed by atoms with Crippen LogP contribution in [0, 0.1) is 0 Å². The van der Waals surface area contributed by atoms with Crippen LogP contribution < -0.4 is 21.3 Å². The van der Waals surface area contributed by atoms with E-state index >= 15 is 0 Å². The van der Waals surface area contributed by atoms with Crippen LogP contribution >= 0.6 is 0 Å². The summed E-state index contributed by atoms with van der Waals surface area (Å²) in [7, 11) is 0. The fourth-order valence-corrected chi connectivity index (χ4v) is 3.20. The van der Waals surface area contributed by atoms with Crippen LogP contribution in [0.5, 0.6) is 11.6 Å². The topological polar surface area (TPSA) is 84.6 Å². The molecule has 33 heavy (non-hydrogen) atoms. The van der Waals surface area contributed by atoms with Gasteiger partial charge in [0.25, 0.3) is 0 Å². The second-order valence-corrected chi connectivity index (χ2v) is 7.03. The van der Waals surface area contributed by atoms with Crippen LogP contribution in [0.2, 0.25) is 0 Å². The lowest BCUT2D eigenvalue weighted by Crippen LogP contribution is -2.31. The molecule has 0 spiro atoms. The number of pyridine rings is 1. The minimum atomic E-state index is -4.41. The average Bonchev–Trinajstić information content (AvgIpc) is 2.82. The highest BCUT2D eigenvalue weighted by molar-refractivity contribution is 5.98. The first kappa shape index (κ1) is 22.1. The normalized spacial score (nSPS) is 11.9. The van der Waals surface area contributed by atoms with E-state index in [1.807, 2.05) is 30.3 Å². The Balaban J connectivity index is 1.44. The van der Waals surface area contributed by atoms with E-state index in [2.05, 4.69) is 20.7 Å². The van der Waals surface area contributed by atoms with Gasteiger partial charge in [0.2, 0.25) is 5.88 Å². The van der Waals surface area contributed by atoms with Crippen molar-refractivity contribution in [2.24, 2.45) is 10.8 Å². The SMILES string of the molecule is NNC(=NCNc1cccc(C(F)(F)F)c1)c1ccc(Oc2nccc3ccccc23)cc1. The van der Waals surface area contributed by atoms with Crippen molar-refractivity contribution in [2.45, 2.75) is 6.18 Å². The molecule has 0 unspecified atom stereocenters. The zero-order valence-corrected chi connectivity index (χ0v) is 17.3. The number of nitrogens with one attached hydrogen (secondary N) is 2. The van der Waals surface area contributed by atoms with Gasteiger partial charge in [-0.15, -0.1) is 0 Å². The number of ether oxygens (including phenoxy) is 1. The predicted octanol–water partition coefficient (Wildman–Crippen LogP) is 5.33. The number of rotatable bonds is 6. The molecule has 6 nitrogen and oxygen atoms in total. The van der Waals surface area contributed by atoms with Gasteiger partial charge in [-0.05, 0) is 60.0 Å². The van der Waals surface area contributed by atoms with Gasteiger partial charge in [0, 0.05) is 22.8 Å². The molecule has 9 heteroatoms. The summed E-state index contributed by atoms with van der Waals surface area (Å²) in [6, 6.07) is 21.7. The summed E-state index contributed by atoms with van der Waals surface area (Å²) >= 11 is 0. The highest BCUT2D eigenvalue weighted by Crippen LogP contribution is 2.31. The van der Waals surface area contributed by atoms with E-state index in [1.165, 1.54) is 12.1 Å². The van der Waals surface area contributed by atoms with Crippen LogP contribution in [0.4, 0.5) is 18.9 Å². The molecule has 0 amide bonds. The van der Waals surface area contributed by atoms with E-state index in [0.717, 1.165) is 22.9 Å². The number of hydrogen-bond donors (Lipinski definition) is 3. The summed E-state index contributed by atoms with van der Waals surface area (Å²) in [6.07, 6.45) is -2.72. The molecule has 0 fully saturated rings. The molecule has 3 aromatic carbocycles. The molecule has 0 atom stereocenters. The third kappa shape index (κ3) is 5.39. The lowest BCUT2D eigenvalue weighted by atomic mass is 10.2. The Morgan fingerprint density at radius 3 is 2.52 bits per heavy atom. The third-order valence-corrected chi connectivity index (χ3v) is 4.83. The standard InChI is InChI=1S/C24H20F3N5O/c25-24(26,27)18-5-3-6-19(14-18)30-15-31-22(32-28)17-8-10-20(11-9-17)33-23-21-7-2-1-4-16(21)12-13-29-23/h1-14,30H,15,28H2,(H,31,32). The zero-order valence-electron chi connectivity index (χ0n) is 17.3. The molecule has 168 valence electrons. The zero-order chi connectivity index (χ0) is 23.3. The smallest absolute Gasteiger partial charge is 0.416 e. The summed E-state index contributed by atoms with van der Waals surface area (Å²) in [5, 5.41) is 4.76. The summed E-state index contributed by atoms with van der Waals surface area (Å²) in [5.74, 6) is 7.04. The van der Waals surface area contributed by atoms with Crippen molar-refractivity contribution in [1.82, 2.24) is 10.4 Å². The number of fused-ring (bicyclic) bond motifs is 1. The van der Waals surface area contributed by atoms with Gasteiger partial charge in [0.1, 0.15) is 18.3 Å². The summed E-state index contributed by atoms with van der Waals surface area (Å²) in [5.41, 5.74) is 2.76. The van der Waals surface area contributed by atoms with Crippen LogP contribution in [0.25, 0.3) is 10.8 Å². The van der Waals surface area contributed by atoms with Crippen LogP contribution in [-0.2, 0) is 6.18 Å². The van der Waals surface area contributed by atoms with E-state index < -0.39 is 11.7 Å². The number of aromatic nitrogens is 1. The first-order chi connectivity index (χ1) is 15.9. The lowest BCUT2D eigenvalue weighted by molar-refractivity contribution is -0.137. The molecule has 0 aliphatic rings. The molecule has 4 aromatic rings. The maximum absolute atomic E-state index is 12.8. The minimum absolute atomic E-state index is 0.0268. The van der Waals surface area contributed by atoms with Crippen molar-refractivity contribution in [3.05, 3.63) is 96.2 Å². The Hall–Kier alpha value is -4.11. The molecule has 4 rings (SSSR count). The number of aliphatic imine (C=N–C) groups is 1. The molecule has 0 aliphatic carbocycles. The van der Waals surface area contributed by atoms with E-state index in [0.29, 0.717) is 28.7 Å².